The van der Waals surface area contributed by atoms with Gasteiger partial charge >= 0.3 is 0 Å². The minimum atomic E-state index is -3.23. The van der Waals surface area contributed by atoms with E-state index in [1.165, 1.54) is 0 Å². The molecule has 0 bridgehead atoms. The van der Waals surface area contributed by atoms with Crippen molar-refractivity contribution in [1.29, 1.82) is 0 Å². The molecule has 0 spiro atoms. The van der Waals surface area contributed by atoms with Crippen LogP contribution in [0.2, 0.25) is 0 Å². The average molecular weight is 354 g/mol. The summed E-state index contributed by atoms with van der Waals surface area (Å²) >= 11 is 1.79. The van der Waals surface area contributed by atoms with Crippen LogP contribution in [0.4, 0.5) is 0 Å². The molecule has 0 heterocycles. The van der Waals surface area contributed by atoms with Crippen molar-refractivity contribution in [3.05, 3.63) is 35.4 Å². The largest absolute Gasteiger partial charge is 0.386 e. The molecule has 0 fully saturated rings. The van der Waals surface area contributed by atoms with E-state index in [-0.39, 0.29) is 5.75 Å². The van der Waals surface area contributed by atoms with Gasteiger partial charge in [-0.15, -0.1) is 0 Å². The van der Waals surface area contributed by atoms with E-state index in [2.05, 4.69) is 0 Å². The number of halogens is 1. The van der Waals surface area contributed by atoms with E-state index in [9.17, 15) is 13.5 Å². The molecule has 0 radical (unpaired) electrons. The Morgan fingerprint density at radius 2 is 1.94 bits per heavy atom. The van der Waals surface area contributed by atoms with Gasteiger partial charge in [0, 0.05) is 5.75 Å². The van der Waals surface area contributed by atoms with E-state index in [1.807, 2.05) is 19.1 Å². The Kier molecular flexibility index (Phi) is 4.75. The Morgan fingerprint density at radius 3 is 2.44 bits per heavy atom. The molecular weight excluding hydrogens is 339 g/mol. The second-order valence-electron chi connectivity index (χ2n) is 3.60. The lowest BCUT2D eigenvalue weighted by Crippen LogP contribution is -2.24. The van der Waals surface area contributed by atoms with Gasteiger partial charge in [0.05, 0.1) is 0 Å². The minimum absolute atomic E-state index is 0.0452. The number of rotatable bonds is 4. The highest BCUT2D eigenvalue weighted by Gasteiger charge is 2.29. The lowest BCUT2D eigenvalue weighted by molar-refractivity contribution is 0.196. The van der Waals surface area contributed by atoms with Crippen LogP contribution in [0, 0.1) is 6.92 Å². The van der Waals surface area contributed by atoms with Gasteiger partial charge in [0.25, 0.3) is 0 Å². The fourth-order valence-electron chi connectivity index (χ4n) is 1.42. The first-order valence-electron chi connectivity index (χ1n) is 4.99. The molecule has 0 aliphatic heterocycles. The number of hydrogen-bond acceptors (Lipinski definition) is 3. The summed E-state index contributed by atoms with van der Waals surface area (Å²) in [7, 11) is -3.23. The molecule has 16 heavy (non-hydrogen) atoms. The molecule has 0 aromatic heterocycles. The van der Waals surface area contributed by atoms with Crippen LogP contribution in [0.25, 0.3) is 0 Å². The lowest BCUT2D eigenvalue weighted by atomic mass is 10.1. The molecule has 1 aromatic rings. The first-order valence-corrected chi connectivity index (χ1v) is 7.95. The number of aryl methyl sites for hydroxylation is 1. The van der Waals surface area contributed by atoms with Gasteiger partial charge in [-0.1, -0.05) is 53.8 Å². The fourth-order valence-corrected chi connectivity index (χ4v) is 3.74. The Labute approximate surface area is 110 Å². The van der Waals surface area contributed by atoms with E-state index in [0.29, 0.717) is 5.56 Å². The minimum Gasteiger partial charge on any atom is -0.386 e. The van der Waals surface area contributed by atoms with Gasteiger partial charge in [0.15, 0.2) is 9.84 Å². The number of aliphatic hydroxyl groups is 1. The first kappa shape index (κ1) is 13.9. The summed E-state index contributed by atoms with van der Waals surface area (Å²) in [5, 5.41) is 10.0. The summed E-state index contributed by atoms with van der Waals surface area (Å²) in [6.45, 7) is 3.45. The van der Waals surface area contributed by atoms with Crippen LogP contribution in [-0.4, -0.2) is 22.5 Å². The summed E-state index contributed by atoms with van der Waals surface area (Å²) in [6.07, 6.45) is -0.966. The second kappa shape index (κ2) is 5.46. The molecule has 0 saturated carbocycles. The summed E-state index contributed by atoms with van der Waals surface area (Å²) < 4.78 is 22.5. The highest BCUT2D eigenvalue weighted by Crippen LogP contribution is 2.29. The highest BCUT2D eigenvalue weighted by atomic mass is 127. The standard InChI is InChI=1S/C11H15IO3S/c1-3-16(14,15)11(12)10(13)9-7-5-4-6-8(9)2/h4-7,10-11,13H,3H2,1-2H3/t10-,11-/m1/s1. The van der Waals surface area contributed by atoms with Gasteiger partial charge in [-0.2, -0.15) is 0 Å². The van der Waals surface area contributed by atoms with Crippen LogP contribution in [-0.2, 0) is 9.84 Å². The van der Waals surface area contributed by atoms with Gasteiger partial charge in [-0.05, 0) is 18.1 Å². The summed E-state index contributed by atoms with van der Waals surface area (Å²) in [6, 6.07) is 7.28. The zero-order chi connectivity index (χ0) is 12.3. The topological polar surface area (TPSA) is 54.4 Å². The van der Waals surface area contributed by atoms with Crippen LogP contribution in [0.15, 0.2) is 24.3 Å². The SMILES string of the molecule is CCS(=O)(=O)[C@@H](I)[C@H](O)c1ccccc1C. The maximum Gasteiger partial charge on any atom is 0.164 e. The monoisotopic (exact) mass is 354 g/mol. The second-order valence-corrected chi connectivity index (χ2v) is 8.20. The molecule has 2 atom stereocenters. The van der Waals surface area contributed by atoms with Crippen LogP contribution >= 0.6 is 22.6 Å². The number of hydrogen-bond donors (Lipinski definition) is 1. The van der Waals surface area contributed by atoms with Crippen LogP contribution in [0.5, 0.6) is 0 Å². The van der Waals surface area contributed by atoms with E-state index in [0.717, 1.165) is 5.56 Å². The Balaban J connectivity index is 3.04. The number of benzene rings is 1. The highest BCUT2D eigenvalue weighted by molar-refractivity contribution is 14.1. The zero-order valence-electron chi connectivity index (χ0n) is 9.22. The van der Waals surface area contributed by atoms with Crippen molar-refractivity contribution in [2.45, 2.75) is 23.2 Å². The van der Waals surface area contributed by atoms with Gasteiger partial charge < -0.3 is 5.11 Å². The summed E-state index contributed by atoms with van der Waals surface area (Å²) in [4.78, 5) is 0. The molecular formula is C11H15IO3S. The fraction of sp³-hybridized carbons (Fsp3) is 0.455. The van der Waals surface area contributed by atoms with Crippen molar-refractivity contribution in [3.8, 4) is 0 Å². The van der Waals surface area contributed by atoms with Crippen molar-refractivity contribution in [3.63, 3.8) is 0 Å². The molecule has 0 saturated heterocycles. The zero-order valence-corrected chi connectivity index (χ0v) is 12.2. The predicted octanol–water partition coefficient (Wildman–Crippen LogP) is 2.22. The van der Waals surface area contributed by atoms with Gasteiger partial charge in [-0.3, -0.25) is 0 Å². The molecule has 0 amide bonds. The summed E-state index contributed by atoms with van der Waals surface area (Å²) in [5.74, 6) is 0.0452. The van der Waals surface area contributed by atoms with E-state index < -0.39 is 19.2 Å². The van der Waals surface area contributed by atoms with E-state index in [1.54, 1.807) is 41.6 Å². The third-order valence-corrected chi connectivity index (χ3v) is 7.26. The maximum atomic E-state index is 11.7. The van der Waals surface area contributed by atoms with Gasteiger partial charge in [-0.25, -0.2) is 8.42 Å². The Morgan fingerprint density at radius 1 is 1.38 bits per heavy atom. The molecule has 1 rings (SSSR count). The maximum absolute atomic E-state index is 11.7. The predicted molar refractivity (Wildman–Crippen MR) is 73.4 cm³/mol. The third-order valence-electron chi connectivity index (χ3n) is 2.50. The van der Waals surface area contributed by atoms with Crippen molar-refractivity contribution in [2.75, 3.05) is 5.75 Å². The quantitative estimate of drug-likeness (QED) is 0.667. The van der Waals surface area contributed by atoms with Gasteiger partial charge in [0.2, 0.25) is 0 Å². The van der Waals surface area contributed by atoms with E-state index in [4.69, 9.17) is 0 Å². The molecule has 5 heteroatoms. The molecule has 0 aliphatic carbocycles. The number of aliphatic hydroxyl groups excluding tert-OH is 1. The normalized spacial score (nSPS) is 15.8. The average Bonchev–Trinajstić information content (AvgIpc) is 2.27. The molecule has 0 aliphatic rings. The Bertz CT molecular complexity index is 456. The lowest BCUT2D eigenvalue weighted by Gasteiger charge is -2.19. The van der Waals surface area contributed by atoms with Gasteiger partial charge in [0.1, 0.15) is 9.36 Å². The number of sulfone groups is 1. The number of alkyl halides is 1. The van der Waals surface area contributed by atoms with Crippen LogP contribution in [0.1, 0.15) is 24.2 Å². The van der Waals surface area contributed by atoms with Crippen LogP contribution < -0.4 is 0 Å². The molecule has 90 valence electrons. The van der Waals surface area contributed by atoms with Crippen LogP contribution in [0.3, 0.4) is 0 Å². The third kappa shape index (κ3) is 2.95. The molecule has 3 nitrogen and oxygen atoms in total. The molecule has 1 N–H and O–H groups in total. The van der Waals surface area contributed by atoms with E-state index >= 15 is 0 Å². The van der Waals surface area contributed by atoms with Crippen molar-refractivity contribution in [1.82, 2.24) is 0 Å². The smallest absolute Gasteiger partial charge is 0.164 e. The van der Waals surface area contributed by atoms with Crippen molar-refractivity contribution < 1.29 is 13.5 Å². The molecule has 0 unspecified atom stereocenters. The van der Waals surface area contributed by atoms with Crippen molar-refractivity contribution >= 4 is 32.4 Å². The summed E-state index contributed by atoms with van der Waals surface area (Å²) in [5.41, 5.74) is 1.59. The molecule has 1 aromatic carbocycles. The van der Waals surface area contributed by atoms with Crippen molar-refractivity contribution in [2.24, 2.45) is 0 Å². The Hall–Kier alpha value is -0.140. The first-order chi connectivity index (χ1) is 7.40.